The molecule has 2 aromatic carbocycles. The van der Waals surface area contributed by atoms with E-state index in [1.165, 1.54) is 23.3 Å². The summed E-state index contributed by atoms with van der Waals surface area (Å²) in [5, 5.41) is 9.58. The second-order valence-electron chi connectivity index (χ2n) is 5.42. The van der Waals surface area contributed by atoms with E-state index in [2.05, 4.69) is 19.6 Å². The molecule has 2 aromatic heterocycles. The number of para-hydroxylation sites is 1. The van der Waals surface area contributed by atoms with Crippen LogP contribution in [0.4, 0.5) is 0 Å². The zero-order chi connectivity index (χ0) is 17.9. The van der Waals surface area contributed by atoms with E-state index in [-0.39, 0.29) is 0 Å². The molecule has 0 saturated heterocycles. The summed E-state index contributed by atoms with van der Waals surface area (Å²) in [6.07, 6.45) is 0. The van der Waals surface area contributed by atoms with E-state index in [0.29, 0.717) is 0 Å². The molecular weight excluding hydrogens is 366 g/mol. The monoisotopic (exact) mass is 381 g/mol. The maximum atomic E-state index is 5.35. The minimum atomic E-state index is 0.741. The summed E-state index contributed by atoms with van der Waals surface area (Å²) in [5.74, 6) is 2.29. The van der Waals surface area contributed by atoms with E-state index in [4.69, 9.17) is 4.74 Å². The van der Waals surface area contributed by atoms with E-state index in [0.717, 1.165) is 38.1 Å². The highest BCUT2D eigenvalue weighted by atomic mass is 32.2. The quantitative estimate of drug-likeness (QED) is 0.515. The van der Waals surface area contributed by atoms with Gasteiger partial charge in [0, 0.05) is 11.3 Å². The van der Waals surface area contributed by atoms with Gasteiger partial charge in [0.1, 0.15) is 11.6 Å². The number of ether oxygens (including phenoxy) is 1. The average molecular weight is 381 g/mol. The molecule has 0 spiro atoms. The minimum absolute atomic E-state index is 0.741. The van der Waals surface area contributed by atoms with Crippen LogP contribution in [0.15, 0.2) is 64.1 Å². The van der Waals surface area contributed by atoms with Crippen LogP contribution >= 0.6 is 23.3 Å². The van der Waals surface area contributed by atoms with Crippen molar-refractivity contribution < 1.29 is 4.74 Å². The SMILES string of the molecule is COc1cccc(-c2nnc(Sc3nc(C)ns3)n2-c2ccccc2)c1. The van der Waals surface area contributed by atoms with Gasteiger partial charge in [-0.05, 0) is 54.5 Å². The Hall–Kier alpha value is -2.71. The number of rotatable bonds is 5. The highest BCUT2D eigenvalue weighted by Crippen LogP contribution is 2.33. The summed E-state index contributed by atoms with van der Waals surface area (Å²) >= 11 is 2.82. The molecule has 8 heteroatoms. The lowest BCUT2D eigenvalue weighted by Crippen LogP contribution is -1.99. The molecule has 26 heavy (non-hydrogen) atoms. The second-order valence-corrected chi connectivity index (χ2v) is 7.38. The first kappa shape index (κ1) is 16.7. The largest absolute Gasteiger partial charge is 0.497 e. The van der Waals surface area contributed by atoms with Gasteiger partial charge in [0.25, 0.3) is 0 Å². The van der Waals surface area contributed by atoms with Crippen molar-refractivity contribution in [1.82, 2.24) is 24.1 Å². The molecule has 0 fully saturated rings. The summed E-state index contributed by atoms with van der Waals surface area (Å²) in [7, 11) is 1.65. The molecule has 4 aromatic rings. The Balaban J connectivity index is 1.84. The van der Waals surface area contributed by atoms with Crippen molar-refractivity contribution in [1.29, 1.82) is 0 Å². The summed E-state index contributed by atoms with van der Waals surface area (Å²) < 4.78 is 12.4. The third kappa shape index (κ3) is 3.33. The topological polar surface area (TPSA) is 65.7 Å². The summed E-state index contributed by atoms with van der Waals surface area (Å²) in [5.41, 5.74) is 1.92. The number of hydrogen-bond acceptors (Lipinski definition) is 7. The molecule has 0 unspecified atom stereocenters. The number of benzene rings is 2. The highest BCUT2D eigenvalue weighted by Gasteiger charge is 2.18. The van der Waals surface area contributed by atoms with Gasteiger partial charge in [0.2, 0.25) is 5.16 Å². The van der Waals surface area contributed by atoms with E-state index in [1.54, 1.807) is 7.11 Å². The first-order chi connectivity index (χ1) is 12.7. The lowest BCUT2D eigenvalue weighted by atomic mass is 10.2. The summed E-state index contributed by atoms with van der Waals surface area (Å²) in [6, 6.07) is 17.8. The van der Waals surface area contributed by atoms with Crippen LogP contribution in [0.3, 0.4) is 0 Å². The van der Waals surface area contributed by atoms with E-state index >= 15 is 0 Å². The fraction of sp³-hybridized carbons (Fsp3) is 0.111. The Morgan fingerprint density at radius 2 is 1.88 bits per heavy atom. The molecule has 4 rings (SSSR count). The van der Waals surface area contributed by atoms with Gasteiger partial charge in [-0.15, -0.1) is 10.2 Å². The van der Waals surface area contributed by atoms with Crippen molar-refractivity contribution >= 4 is 23.3 Å². The van der Waals surface area contributed by atoms with Crippen LogP contribution in [0.25, 0.3) is 17.1 Å². The molecular formula is C18H15N5OS2. The standard InChI is InChI=1S/C18H15N5OS2/c1-12-19-18(26-22-12)25-17-21-20-16(13-7-6-10-15(11-13)24-2)23(17)14-8-4-3-5-9-14/h3-11H,1-2H3. The highest BCUT2D eigenvalue weighted by molar-refractivity contribution is 8.00. The molecule has 0 atom stereocenters. The van der Waals surface area contributed by atoms with Gasteiger partial charge in [-0.25, -0.2) is 4.98 Å². The summed E-state index contributed by atoms with van der Waals surface area (Å²) in [6.45, 7) is 1.88. The maximum absolute atomic E-state index is 5.35. The van der Waals surface area contributed by atoms with Gasteiger partial charge in [-0.3, -0.25) is 4.57 Å². The van der Waals surface area contributed by atoms with Crippen LogP contribution in [0, 0.1) is 6.92 Å². The Kier molecular flexibility index (Phi) is 4.68. The number of nitrogens with zero attached hydrogens (tertiary/aromatic N) is 5. The number of aromatic nitrogens is 5. The molecule has 0 aliphatic heterocycles. The third-order valence-electron chi connectivity index (χ3n) is 3.66. The number of methoxy groups -OCH3 is 1. The van der Waals surface area contributed by atoms with Crippen LogP contribution in [-0.2, 0) is 0 Å². The van der Waals surface area contributed by atoms with E-state index in [9.17, 15) is 0 Å². The Labute approximate surface area is 159 Å². The van der Waals surface area contributed by atoms with Crippen molar-refractivity contribution in [3.8, 4) is 22.8 Å². The van der Waals surface area contributed by atoms with Crippen LogP contribution in [0.5, 0.6) is 5.75 Å². The zero-order valence-electron chi connectivity index (χ0n) is 14.2. The minimum Gasteiger partial charge on any atom is -0.497 e. The molecule has 0 bridgehead atoms. The van der Waals surface area contributed by atoms with Gasteiger partial charge < -0.3 is 4.74 Å². The predicted octanol–water partition coefficient (Wildman–Crippen LogP) is 4.25. The molecule has 0 amide bonds. The van der Waals surface area contributed by atoms with Crippen LogP contribution in [0.1, 0.15) is 5.82 Å². The summed E-state index contributed by atoms with van der Waals surface area (Å²) in [4.78, 5) is 4.42. The molecule has 0 radical (unpaired) electrons. The fourth-order valence-corrected chi connectivity index (χ4v) is 4.10. The number of aryl methyl sites for hydroxylation is 1. The zero-order valence-corrected chi connectivity index (χ0v) is 15.8. The van der Waals surface area contributed by atoms with Gasteiger partial charge in [-0.2, -0.15) is 4.37 Å². The smallest absolute Gasteiger partial charge is 0.203 e. The Bertz CT molecular complexity index is 1030. The van der Waals surface area contributed by atoms with Crippen molar-refractivity contribution in [2.24, 2.45) is 0 Å². The van der Waals surface area contributed by atoms with Crippen molar-refractivity contribution in [3.05, 3.63) is 60.4 Å². The normalized spacial score (nSPS) is 10.8. The lowest BCUT2D eigenvalue weighted by Gasteiger charge is -2.10. The average Bonchev–Trinajstić information content (AvgIpc) is 3.29. The third-order valence-corrected chi connectivity index (χ3v) is 5.45. The van der Waals surface area contributed by atoms with Gasteiger partial charge in [-0.1, -0.05) is 30.3 Å². The van der Waals surface area contributed by atoms with Crippen LogP contribution < -0.4 is 4.74 Å². The Morgan fingerprint density at radius 3 is 2.62 bits per heavy atom. The molecule has 0 saturated carbocycles. The van der Waals surface area contributed by atoms with Crippen LogP contribution in [-0.4, -0.2) is 31.2 Å². The number of hydrogen-bond donors (Lipinski definition) is 0. The molecule has 130 valence electrons. The first-order valence-corrected chi connectivity index (χ1v) is 9.47. The molecule has 6 nitrogen and oxygen atoms in total. The van der Waals surface area contributed by atoms with Gasteiger partial charge >= 0.3 is 0 Å². The maximum Gasteiger partial charge on any atom is 0.203 e. The molecule has 0 aliphatic rings. The first-order valence-electron chi connectivity index (χ1n) is 7.88. The predicted molar refractivity (Wildman–Crippen MR) is 102 cm³/mol. The van der Waals surface area contributed by atoms with E-state index in [1.807, 2.05) is 66.1 Å². The lowest BCUT2D eigenvalue weighted by molar-refractivity contribution is 0.415. The molecule has 0 aliphatic carbocycles. The van der Waals surface area contributed by atoms with E-state index < -0.39 is 0 Å². The molecule has 0 N–H and O–H groups in total. The Morgan fingerprint density at radius 1 is 1.04 bits per heavy atom. The van der Waals surface area contributed by atoms with Gasteiger partial charge in [0.15, 0.2) is 10.2 Å². The van der Waals surface area contributed by atoms with Gasteiger partial charge in [0.05, 0.1) is 7.11 Å². The van der Waals surface area contributed by atoms with Crippen molar-refractivity contribution in [2.45, 2.75) is 16.4 Å². The van der Waals surface area contributed by atoms with Crippen molar-refractivity contribution in [2.75, 3.05) is 7.11 Å². The fourth-order valence-electron chi connectivity index (χ4n) is 2.49. The van der Waals surface area contributed by atoms with Crippen molar-refractivity contribution in [3.63, 3.8) is 0 Å². The van der Waals surface area contributed by atoms with Crippen LogP contribution in [0.2, 0.25) is 0 Å². The molecule has 2 heterocycles. The second kappa shape index (κ2) is 7.27.